The molecule has 4 nitrogen and oxygen atoms in total. The predicted octanol–water partition coefficient (Wildman–Crippen LogP) is 3.48. The van der Waals surface area contributed by atoms with Gasteiger partial charge in [0.05, 0.1) is 5.69 Å². The second-order valence-corrected chi connectivity index (χ2v) is 5.76. The molecule has 0 saturated heterocycles. The first-order chi connectivity index (χ1) is 10.7. The molecule has 110 valence electrons. The second kappa shape index (κ2) is 6.49. The van der Waals surface area contributed by atoms with Gasteiger partial charge in [0.25, 0.3) is 5.91 Å². The van der Waals surface area contributed by atoms with Gasteiger partial charge in [-0.1, -0.05) is 36.4 Å². The Kier molecular flexibility index (Phi) is 4.25. The van der Waals surface area contributed by atoms with Crippen LogP contribution in [0.25, 0.3) is 10.7 Å². The first kappa shape index (κ1) is 14.4. The summed E-state index contributed by atoms with van der Waals surface area (Å²) in [5.41, 5.74) is 2.35. The van der Waals surface area contributed by atoms with Crippen LogP contribution in [-0.2, 0) is 6.54 Å². The van der Waals surface area contributed by atoms with E-state index in [0.717, 1.165) is 16.3 Å². The van der Waals surface area contributed by atoms with Crippen molar-refractivity contribution in [1.29, 1.82) is 0 Å². The van der Waals surface area contributed by atoms with E-state index in [4.69, 9.17) is 0 Å². The van der Waals surface area contributed by atoms with Crippen molar-refractivity contribution in [1.82, 2.24) is 14.9 Å². The molecule has 0 aliphatic rings. The topological polar surface area (TPSA) is 46.1 Å². The molecule has 0 unspecified atom stereocenters. The molecule has 1 aromatic carbocycles. The summed E-state index contributed by atoms with van der Waals surface area (Å²) in [5, 5.41) is 2.55. The minimum absolute atomic E-state index is 0.0812. The van der Waals surface area contributed by atoms with Crippen LogP contribution in [0.15, 0.2) is 60.1 Å². The molecule has 2 aromatic heterocycles. The summed E-state index contributed by atoms with van der Waals surface area (Å²) >= 11 is 1.43. The summed E-state index contributed by atoms with van der Waals surface area (Å²) in [6, 6.07) is 15.6. The lowest BCUT2D eigenvalue weighted by Gasteiger charge is -2.15. The normalized spacial score (nSPS) is 10.4. The van der Waals surface area contributed by atoms with Crippen molar-refractivity contribution in [3.8, 4) is 10.7 Å². The van der Waals surface area contributed by atoms with E-state index < -0.39 is 0 Å². The van der Waals surface area contributed by atoms with E-state index >= 15 is 0 Å². The van der Waals surface area contributed by atoms with E-state index in [0.29, 0.717) is 12.2 Å². The molecule has 0 fully saturated rings. The van der Waals surface area contributed by atoms with Crippen LogP contribution in [0.4, 0.5) is 0 Å². The second-order valence-electron chi connectivity index (χ2n) is 4.90. The third kappa shape index (κ3) is 3.20. The first-order valence-electron chi connectivity index (χ1n) is 6.90. The summed E-state index contributed by atoms with van der Waals surface area (Å²) in [4.78, 5) is 22.8. The highest BCUT2D eigenvalue weighted by atomic mass is 32.1. The van der Waals surface area contributed by atoms with E-state index in [9.17, 15) is 4.79 Å². The SMILES string of the molecule is CN(Cc1ccccc1)C(=O)c1csc(-c2ccccn2)n1. The third-order valence-corrected chi connectivity index (χ3v) is 4.08. The highest BCUT2D eigenvalue weighted by Gasteiger charge is 2.16. The average molecular weight is 309 g/mol. The van der Waals surface area contributed by atoms with Gasteiger partial charge in [0.1, 0.15) is 10.7 Å². The molecule has 0 atom stereocenters. The Morgan fingerprint density at radius 1 is 1.14 bits per heavy atom. The molecule has 3 rings (SSSR count). The summed E-state index contributed by atoms with van der Waals surface area (Å²) in [5.74, 6) is -0.0812. The van der Waals surface area contributed by atoms with Crippen molar-refractivity contribution in [2.24, 2.45) is 0 Å². The van der Waals surface area contributed by atoms with E-state index in [1.807, 2.05) is 48.5 Å². The van der Waals surface area contributed by atoms with Crippen LogP contribution in [0.1, 0.15) is 16.1 Å². The number of carbonyl (C=O) groups is 1. The first-order valence-corrected chi connectivity index (χ1v) is 7.78. The third-order valence-electron chi connectivity index (χ3n) is 3.22. The van der Waals surface area contributed by atoms with Gasteiger partial charge in [-0.3, -0.25) is 9.78 Å². The van der Waals surface area contributed by atoms with Crippen molar-refractivity contribution >= 4 is 17.2 Å². The molecular weight excluding hydrogens is 294 g/mol. The molecule has 0 saturated carbocycles. The number of rotatable bonds is 4. The van der Waals surface area contributed by atoms with Gasteiger partial charge >= 0.3 is 0 Å². The fourth-order valence-electron chi connectivity index (χ4n) is 2.10. The summed E-state index contributed by atoms with van der Waals surface area (Å²) in [6.07, 6.45) is 1.72. The zero-order valence-electron chi connectivity index (χ0n) is 12.1. The number of benzene rings is 1. The van der Waals surface area contributed by atoms with Crippen molar-refractivity contribution < 1.29 is 4.79 Å². The number of nitrogens with zero attached hydrogens (tertiary/aromatic N) is 3. The van der Waals surface area contributed by atoms with Crippen molar-refractivity contribution in [3.63, 3.8) is 0 Å². The van der Waals surface area contributed by atoms with Crippen LogP contribution < -0.4 is 0 Å². The molecule has 0 radical (unpaired) electrons. The Bertz CT molecular complexity index is 756. The van der Waals surface area contributed by atoms with Gasteiger partial charge in [-0.05, 0) is 17.7 Å². The smallest absolute Gasteiger partial charge is 0.273 e. The fourth-order valence-corrected chi connectivity index (χ4v) is 2.87. The van der Waals surface area contributed by atoms with Crippen molar-refractivity contribution in [2.75, 3.05) is 7.05 Å². The van der Waals surface area contributed by atoms with Gasteiger partial charge in [0.2, 0.25) is 0 Å². The predicted molar refractivity (Wildman–Crippen MR) is 87.6 cm³/mol. The van der Waals surface area contributed by atoms with Crippen LogP contribution in [0.5, 0.6) is 0 Å². The summed E-state index contributed by atoms with van der Waals surface area (Å²) < 4.78 is 0. The van der Waals surface area contributed by atoms with Gasteiger partial charge in [-0.25, -0.2) is 4.98 Å². The van der Waals surface area contributed by atoms with Gasteiger partial charge in [0.15, 0.2) is 0 Å². The molecule has 0 spiro atoms. The van der Waals surface area contributed by atoms with Gasteiger partial charge in [-0.2, -0.15) is 0 Å². The Morgan fingerprint density at radius 3 is 2.64 bits per heavy atom. The number of pyridine rings is 1. The molecule has 5 heteroatoms. The lowest BCUT2D eigenvalue weighted by molar-refractivity contribution is 0.0780. The highest BCUT2D eigenvalue weighted by Crippen LogP contribution is 2.22. The standard InChI is InChI=1S/C17H15N3OS/c1-20(11-13-7-3-2-4-8-13)17(21)15-12-22-16(19-15)14-9-5-6-10-18-14/h2-10,12H,11H2,1H3. The minimum Gasteiger partial charge on any atom is -0.336 e. The zero-order valence-corrected chi connectivity index (χ0v) is 13.0. The maximum absolute atomic E-state index is 12.4. The quantitative estimate of drug-likeness (QED) is 0.741. The monoisotopic (exact) mass is 309 g/mol. The van der Waals surface area contributed by atoms with Crippen molar-refractivity contribution in [2.45, 2.75) is 6.54 Å². The van der Waals surface area contributed by atoms with Gasteiger partial charge in [-0.15, -0.1) is 11.3 Å². The van der Waals surface area contributed by atoms with Crippen molar-refractivity contribution in [3.05, 3.63) is 71.4 Å². The van der Waals surface area contributed by atoms with E-state index in [1.165, 1.54) is 11.3 Å². The van der Waals surface area contributed by atoms with E-state index in [2.05, 4.69) is 9.97 Å². The molecule has 0 bridgehead atoms. The van der Waals surface area contributed by atoms with Crippen LogP contribution in [-0.4, -0.2) is 27.8 Å². The Balaban J connectivity index is 1.74. The Hall–Kier alpha value is -2.53. The number of thiazole rings is 1. The van der Waals surface area contributed by atoms with Crippen LogP contribution in [0.2, 0.25) is 0 Å². The number of aromatic nitrogens is 2. The molecule has 0 aliphatic carbocycles. The minimum atomic E-state index is -0.0812. The lowest BCUT2D eigenvalue weighted by Crippen LogP contribution is -2.26. The Morgan fingerprint density at radius 2 is 1.91 bits per heavy atom. The number of hydrogen-bond acceptors (Lipinski definition) is 4. The van der Waals surface area contributed by atoms with E-state index in [-0.39, 0.29) is 5.91 Å². The highest BCUT2D eigenvalue weighted by molar-refractivity contribution is 7.13. The molecular formula is C17H15N3OS. The zero-order chi connectivity index (χ0) is 15.4. The maximum atomic E-state index is 12.4. The number of carbonyl (C=O) groups excluding carboxylic acids is 1. The number of hydrogen-bond donors (Lipinski definition) is 0. The van der Waals surface area contributed by atoms with Gasteiger partial charge < -0.3 is 4.90 Å². The molecule has 1 amide bonds. The maximum Gasteiger partial charge on any atom is 0.273 e. The van der Waals surface area contributed by atoms with Crippen LogP contribution >= 0.6 is 11.3 Å². The molecule has 3 aromatic rings. The molecule has 22 heavy (non-hydrogen) atoms. The fraction of sp³-hybridized carbons (Fsp3) is 0.118. The van der Waals surface area contributed by atoms with E-state index in [1.54, 1.807) is 23.5 Å². The lowest BCUT2D eigenvalue weighted by atomic mass is 10.2. The van der Waals surface area contributed by atoms with Gasteiger partial charge in [0, 0.05) is 25.2 Å². The summed E-state index contributed by atoms with van der Waals surface area (Å²) in [6.45, 7) is 0.566. The largest absolute Gasteiger partial charge is 0.336 e. The molecule has 0 N–H and O–H groups in total. The summed E-state index contributed by atoms with van der Waals surface area (Å²) in [7, 11) is 1.79. The number of amides is 1. The molecule has 2 heterocycles. The average Bonchev–Trinajstić information content (AvgIpc) is 3.06. The Labute approximate surface area is 133 Å². The van der Waals surface area contributed by atoms with Crippen LogP contribution in [0, 0.1) is 0 Å². The van der Waals surface area contributed by atoms with Crippen LogP contribution in [0.3, 0.4) is 0 Å². The molecule has 0 aliphatic heterocycles.